The number of nitrogens with two attached hydrogens (primary N) is 1. The van der Waals surface area contributed by atoms with E-state index < -0.39 is 14.5 Å². The van der Waals surface area contributed by atoms with Crippen molar-refractivity contribution in [3.05, 3.63) is 48.7 Å². The Balaban J connectivity index is 2.78. The van der Waals surface area contributed by atoms with E-state index in [1.807, 2.05) is 25.1 Å². The van der Waals surface area contributed by atoms with Gasteiger partial charge in [-0.1, -0.05) is 43.8 Å². The number of hydrogen-bond donors (Lipinski definition) is 2. The van der Waals surface area contributed by atoms with Crippen LogP contribution in [-0.4, -0.2) is 35.3 Å². The molecular weight excluding hydrogens is 308 g/mol. The van der Waals surface area contributed by atoms with Gasteiger partial charge in [0.2, 0.25) is 0 Å². The number of nitrogens with one attached hydrogen (secondary N) is 1. The van der Waals surface area contributed by atoms with Crippen LogP contribution in [0.3, 0.4) is 0 Å². The Bertz CT molecular complexity index is 454. The zero-order valence-electron chi connectivity index (χ0n) is 14.5. The van der Waals surface area contributed by atoms with E-state index in [0.717, 1.165) is 18.5 Å². The normalized spacial score (nSPS) is 14.3. The molecule has 5 nitrogen and oxygen atoms in total. The van der Waals surface area contributed by atoms with E-state index in [9.17, 15) is 0 Å². The molecule has 6 heteroatoms. The molecule has 0 heterocycles. The lowest BCUT2D eigenvalue weighted by molar-refractivity contribution is -0.0167. The Hall–Kier alpha value is -1.18. The van der Waals surface area contributed by atoms with Crippen LogP contribution in [0.4, 0.5) is 0 Å². The highest BCUT2D eigenvalue weighted by molar-refractivity contribution is 6.60. The van der Waals surface area contributed by atoms with Gasteiger partial charge in [0.1, 0.15) is 5.72 Å². The maximum absolute atomic E-state index is 6.52. The summed E-state index contributed by atoms with van der Waals surface area (Å²) in [5.74, 6) is 0. The van der Waals surface area contributed by atoms with Crippen molar-refractivity contribution in [3.63, 3.8) is 0 Å². The van der Waals surface area contributed by atoms with E-state index in [4.69, 9.17) is 19.0 Å². The number of hydrogen-bond acceptors (Lipinski definition) is 5. The third-order valence-electron chi connectivity index (χ3n) is 3.87. The first-order valence-corrected chi connectivity index (χ1v) is 9.94. The monoisotopic (exact) mass is 338 g/mol. The van der Waals surface area contributed by atoms with Gasteiger partial charge in [0.15, 0.2) is 0 Å². The predicted octanol–water partition coefficient (Wildman–Crippen LogP) is 2.67. The second kappa shape index (κ2) is 9.84. The second-order valence-electron chi connectivity index (χ2n) is 5.54. The van der Waals surface area contributed by atoms with E-state index in [-0.39, 0.29) is 0 Å². The zero-order valence-corrected chi connectivity index (χ0v) is 15.5. The molecule has 0 bridgehead atoms. The second-order valence-corrected chi connectivity index (χ2v) is 8.42. The Morgan fingerprint density at radius 1 is 1.26 bits per heavy atom. The van der Waals surface area contributed by atoms with Crippen LogP contribution in [0.25, 0.3) is 0 Å². The summed E-state index contributed by atoms with van der Waals surface area (Å²) in [5, 5.41) is 3.07. The van der Waals surface area contributed by atoms with Crippen molar-refractivity contribution in [2.24, 2.45) is 5.73 Å². The third kappa shape index (κ3) is 6.45. The van der Waals surface area contributed by atoms with Gasteiger partial charge >= 0.3 is 8.80 Å². The Kier molecular flexibility index (Phi) is 8.50. The molecule has 23 heavy (non-hydrogen) atoms. The minimum absolute atomic E-state index is 0.622. The van der Waals surface area contributed by atoms with Gasteiger partial charge < -0.3 is 24.3 Å². The Morgan fingerprint density at radius 2 is 1.91 bits per heavy atom. The van der Waals surface area contributed by atoms with Gasteiger partial charge in [0.25, 0.3) is 0 Å². The van der Waals surface area contributed by atoms with Crippen molar-refractivity contribution in [1.29, 1.82) is 0 Å². The molecule has 0 radical (unpaired) electrons. The first kappa shape index (κ1) is 19.9. The Morgan fingerprint density at radius 3 is 2.43 bits per heavy atom. The van der Waals surface area contributed by atoms with Crippen LogP contribution in [0.2, 0.25) is 6.04 Å². The van der Waals surface area contributed by atoms with Gasteiger partial charge in [0, 0.05) is 33.2 Å². The molecule has 0 aliphatic carbocycles. The van der Waals surface area contributed by atoms with Gasteiger partial charge in [-0.05, 0) is 24.6 Å². The topological polar surface area (TPSA) is 65.7 Å². The minimum Gasteiger partial charge on any atom is -0.391 e. The van der Waals surface area contributed by atoms with Crippen LogP contribution in [0.15, 0.2) is 43.1 Å². The smallest absolute Gasteiger partial charge is 0.391 e. The quantitative estimate of drug-likeness (QED) is 0.348. The van der Waals surface area contributed by atoms with Crippen LogP contribution < -0.4 is 11.1 Å². The summed E-state index contributed by atoms with van der Waals surface area (Å²) >= 11 is 0. The van der Waals surface area contributed by atoms with Gasteiger partial charge in [-0.15, -0.1) is 0 Å². The molecule has 1 aromatic carbocycles. The largest absolute Gasteiger partial charge is 0.501 e. The molecule has 0 saturated heterocycles. The van der Waals surface area contributed by atoms with Crippen molar-refractivity contribution < 1.29 is 13.3 Å². The summed E-state index contributed by atoms with van der Waals surface area (Å²) in [7, 11) is 0.465. The van der Waals surface area contributed by atoms with Crippen LogP contribution in [0, 0.1) is 0 Å². The van der Waals surface area contributed by atoms with Crippen LogP contribution in [0.1, 0.15) is 25.3 Å². The summed E-state index contributed by atoms with van der Waals surface area (Å²) in [6.07, 6.45) is 3.84. The van der Waals surface area contributed by atoms with E-state index in [2.05, 4.69) is 24.0 Å². The first-order chi connectivity index (χ1) is 11.0. The molecule has 1 aromatic rings. The Labute approximate surface area is 141 Å². The molecule has 1 rings (SSSR count). The van der Waals surface area contributed by atoms with Crippen molar-refractivity contribution in [2.45, 2.75) is 38.0 Å². The third-order valence-corrected chi connectivity index (χ3v) is 6.80. The average molecular weight is 339 g/mol. The lowest BCUT2D eigenvalue weighted by Crippen LogP contribution is -2.57. The molecule has 0 saturated carbocycles. The number of benzene rings is 1. The summed E-state index contributed by atoms with van der Waals surface area (Å²) in [6.45, 7) is 6.46. The molecule has 1 unspecified atom stereocenters. The van der Waals surface area contributed by atoms with Crippen LogP contribution >= 0.6 is 0 Å². The highest BCUT2D eigenvalue weighted by Gasteiger charge is 2.45. The van der Waals surface area contributed by atoms with Crippen molar-refractivity contribution in [2.75, 3.05) is 20.8 Å². The molecule has 0 aliphatic heterocycles. The lowest BCUT2D eigenvalue weighted by Gasteiger charge is -2.37. The first-order valence-electron chi connectivity index (χ1n) is 8.00. The molecule has 0 spiro atoms. The fraction of sp³-hybridized carbons (Fsp3) is 0.529. The highest BCUT2D eigenvalue weighted by atomic mass is 28.4. The van der Waals surface area contributed by atoms with Gasteiger partial charge in [-0.2, -0.15) is 0 Å². The SMILES string of the molecule is C=CNCCC[Si](OC)(OC)OC(N)(CC)Cc1ccccc1. The molecule has 0 fully saturated rings. The van der Waals surface area contributed by atoms with Crippen molar-refractivity contribution in [3.8, 4) is 0 Å². The maximum atomic E-state index is 6.52. The standard InChI is InChI=1S/C17H30N2O3Si/c1-5-17(18,15-16-11-8-7-9-12-16)22-23(20-3,21-4)14-10-13-19-6-2/h6-9,11-12,19H,2,5,10,13-15,18H2,1,3-4H3. The molecule has 130 valence electrons. The van der Waals surface area contributed by atoms with E-state index >= 15 is 0 Å². The predicted molar refractivity (Wildman–Crippen MR) is 95.8 cm³/mol. The maximum Gasteiger partial charge on any atom is 0.501 e. The average Bonchev–Trinajstić information content (AvgIpc) is 2.58. The fourth-order valence-electron chi connectivity index (χ4n) is 2.42. The van der Waals surface area contributed by atoms with Gasteiger partial charge in [-0.3, -0.25) is 0 Å². The molecule has 0 amide bonds. The van der Waals surface area contributed by atoms with Crippen LogP contribution in [0.5, 0.6) is 0 Å². The molecular formula is C17H30N2O3Si. The zero-order chi connectivity index (χ0) is 17.2. The van der Waals surface area contributed by atoms with Crippen molar-refractivity contribution >= 4 is 8.80 Å². The lowest BCUT2D eigenvalue weighted by atomic mass is 10.0. The van der Waals surface area contributed by atoms with E-state index in [1.165, 1.54) is 0 Å². The number of rotatable bonds is 12. The fourth-order valence-corrected chi connectivity index (χ4v) is 4.70. The van der Waals surface area contributed by atoms with E-state index in [1.54, 1.807) is 20.4 Å². The minimum atomic E-state index is -2.80. The molecule has 1 atom stereocenters. The summed E-state index contributed by atoms with van der Waals surface area (Å²) in [4.78, 5) is 0. The summed E-state index contributed by atoms with van der Waals surface area (Å²) in [5.41, 5.74) is 6.86. The van der Waals surface area contributed by atoms with E-state index in [0.29, 0.717) is 18.9 Å². The van der Waals surface area contributed by atoms with Crippen LogP contribution in [-0.2, 0) is 19.7 Å². The highest BCUT2D eigenvalue weighted by Crippen LogP contribution is 2.26. The summed E-state index contributed by atoms with van der Waals surface area (Å²) < 4.78 is 17.6. The van der Waals surface area contributed by atoms with Gasteiger partial charge in [-0.25, -0.2) is 0 Å². The molecule has 0 aliphatic rings. The molecule has 3 N–H and O–H groups in total. The molecule has 0 aromatic heterocycles. The summed E-state index contributed by atoms with van der Waals surface area (Å²) in [6, 6.07) is 10.8. The van der Waals surface area contributed by atoms with Crippen molar-refractivity contribution in [1.82, 2.24) is 5.32 Å². The van der Waals surface area contributed by atoms with Gasteiger partial charge in [0.05, 0.1) is 0 Å².